The molecule has 1 aromatic heterocycles. The van der Waals surface area contributed by atoms with Gasteiger partial charge < -0.3 is 9.64 Å². The minimum atomic E-state index is -0.283. The number of halogens is 1. The predicted molar refractivity (Wildman–Crippen MR) is 81.5 cm³/mol. The number of rotatable bonds is 3. The molecule has 1 atom stereocenters. The quantitative estimate of drug-likeness (QED) is 0.937. The van der Waals surface area contributed by atoms with Crippen LogP contribution in [-0.2, 0) is 16.0 Å². The van der Waals surface area contributed by atoms with Gasteiger partial charge in [-0.3, -0.25) is 9.89 Å². The Bertz CT molecular complexity index is 673. The zero-order chi connectivity index (χ0) is 15.5. The van der Waals surface area contributed by atoms with Crippen molar-refractivity contribution in [1.29, 1.82) is 0 Å². The van der Waals surface area contributed by atoms with Crippen LogP contribution in [0.25, 0.3) is 0 Å². The van der Waals surface area contributed by atoms with E-state index in [0.29, 0.717) is 37.0 Å². The molecule has 1 aromatic carbocycles. The van der Waals surface area contributed by atoms with Crippen molar-refractivity contribution >= 4 is 17.5 Å². The number of hydrogen-bond donors (Lipinski definition) is 1. The van der Waals surface area contributed by atoms with Crippen molar-refractivity contribution in [1.82, 2.24) is 20.1 Å². The van der Waals surface area contributed by atoms with E-state index < -0.39 is 0 Å². The fraction of sp³-hybridized carbons (Fsp3) is 0.400. The Hall–Kier alpha value is -1.92. The number of nitrogens with one attached hydrogen (secondary N) is 1. The van der Waals surface area contributed by atoms with E-state index in [1.165, 1.54) is 0 Å². The van der Waals surface area contributed by atoms with Crippen LogP contribution in [0.3, 0.4) is 0 Å². The molecule has 1 aliphatic rings. The van der Waals surface area contributed by atoms with Gasteiger partial charge in [-0.1, -0.05) is 29.8 Å². The summed E-state index contributed by atoms with van der Waals surface area (Å²) in [5.41, 5.74) is 0.839. The molecule has 2 aromatic rings. The van der Waals surface area contributed by atoms with Gasteiger partial charge in [-0.15, -0.1) is 0 Å². The summed E-state index contributed by atoms with van der Waals surface area (Å²) in [6.07, 6.45) is 0.00766. The largest absolute Gasteiger partial charge is 0.366 e. The monoisotopic (exact) mass is 320 g/mol. The lowest BCUT2D eigenvalue weighted by Gasteiger charge is -2.31. The highest BCUT2D eigenvalue weighted by Crippen LogP contribution is 2.21. The summed E-state index contributed by atoms with van der Waals surface area (Å²) in [6.45, 7) is 3.34. The molecule has 1 aliphatic heterocycles. The first-order chi connectivity index (χ1) is 10.6. The van der Waals surface area contributed by atoms with Gasteiger partial charge in [0, 0.05) is 11.6 Å². The van der Waals surface area contributed by atoms with Crippen molar-refractivity contribution < 1.29 is 9.53 Å². The summed E-state index contributed by atoms with van der Waals surface area (Å²) in [6, 6.07) is 7.40. The van der Waals surface area contributed by atoms with E-state index in [2.05, 4.69) is 15.2 Å². The average molecular weight is 321 g/mol. The topological polar surface area (TPSA) is 71.1 Å². The Labute approximate surface area is 133 Å². The second kappa shape index (κ2) is 6.46. The second-order valence-corrected chi connectivity index (χ2v) is 5.65. The molecule has 1 amide bonds. The summed E-state index contributed by atoms with van der Waals surface area (Å²) < 4.78 is 5.67. The maximum atomic E-state index is 12.5. The van der Waals surface area contributed by atoms with Crippen LogP contribution in [-0.4, -0.2) is 45.7 Å². The van der Waals surface area contributed by atoms with Crippen LogP contribution in [0.2, 0.25) is 5.02 Å². The molecule has 6 nitrogen and oxygen atoms in total. The number of aromatic amines is 1. The highest BCUT2D eigenvalue weighted by Gasteiger charge is 2.28. The van der Waals surface area contributed by atoms with Crippen molar-refractivity contribution in [3.05, 3.63) is 46.5 Å². The molecule has 2 heterocycles. The maximum Gasteiger partial charge on any atom is 0.227 e. The van der Waals surface area contributed by atoms with E-state index in [0.717, 1.165) is 11.4 Å². The van der Waals surface area contributed by atoms with E-state index in [9.17, 15) is 4.79 Å². The van der Waals surface area contributed by atoms with Crippen LogP contribution in [0.15, 0.2) is 24.3 Å². The van der Waals surface area contributed by atoms with E-state index in [-0.39, 0.29) is 12.0 Å². The van der Waals surface area contributed by atoms with Crippen LogP contribution < -0.4 is 0 Å². The zero-order valence-corrected chi connectivity index (χ0v) is 13.0. The third kappa shape index (κ3) is 3.28. The Morgan fingerprint density at radius 1 is 1.50 bits per heavy atom. The second-order valence-electron chi connectivity index (χ2n) is 5.25. The molecule has 0 unspecified atom stereocenters. The number of ether oxygens (including phenoxy) is 1. The van der Waals surface area contributed by atoms with Gasteiger partial charge >= 0.3 is 0 Å². The summed E-state index contributed by atoms with van der Waals surface area (Å²) in [5, 5.41) is 7.52. The Kier molecular flexibility index (Phi) is 4.40. The number of nitrogens with zero attached hydrogens (tertiary/aromatic N) is 3. The number of morpholine rings is 1. The third-order valence-corrected chi connectivity index (χ3v) is 3.99. The number of amides is 1. The minimum Gasteiger partial charge on any atom is -0.366 e. The Balaban J connectivity index is 1.66. The summed E-state index contributed by atoms with van der Waals surface area (Å²) in [4.78, 5) is 18.5. The van der Waals surface area contributed by atoms with Crippen molar-refractivity contribution in [3.63, 3.8) is 0 Å². The number of hydrogen-bond acceptors (Lipinski definition) is 4. The number of carbonyl (C=O) groups is 1. The van der Waals surface area contributed by atoms with Gasteiger partial charge in [0.25, 0.3) is 0 Å². The minimum absolute atomic E-state index is 0.0358. The number of carbonyl (C=O) groups excluding carboxylic acids is 1. The molecule has 0 bridgehead atoms. The predicted octanol–water partition coefficient (Wildman–Crippen LogP) is 1.91. The van der Waals surface area contributed by atoms with E-state index in [4.69, 9.17) is 16.3 Å². The maximum absolute atomic E-state index is 12.5. The number of aromatic nitrogens is 3. The van der Waals surface area contributed by atoms with Gasteiger partial charge in [-0.05, 0) is 18.6 Å². The van der Waals surface area contributed by atoms with Gasteiger partial charge in [0.2, 0.25) is 5.91 Å². The molecule has 0 saturated carbocycles. The molecule has 3 rings (SSSR count). The molecule has 22 heavy (non-hydrogen) atoms. The first-order valence-electron chi connectivity index (χ1n) is 7.15. The van der Waals surface area contributed by atoms with E-state index >= 15 is 0 Å². The smallest absolute Gasteiger partial charge is 0.227 e. The van der Waals surface area contributed by atoms with Crippen molar-refractivity contribution in [2.45, 2.75) is 19.4 Å². The van der Waals surface area contributed by atoms with Gasteiger partial charge in [-0.2, -0.15) is 5.10 Å². The standard InChI is InChI=1S/C15H17ClN4O2/c1-10-17-15(19-18-10)13-9-20(6-7-22-13)14(21)8-11-4-2-3-5-12(11)16/h2-5,13H,6-9H2,1H3,(H,17,18,19)/t13-/m1/s1. The molecule has 1 saturated heterocycles. The molecular formula is C15H17ClN4O2. The van der Waals surface area contributed by atoms with Gasteiger partial charge in [0.15, 0.2) is 5.82 Å². The molecule has 0 radical (unpaired) electrons. The molecule has 0 aliphatic carbocycles. The lowest BCUT2D eigenvalue weighted by atomic mass is 10.1. The summed E-state index contributed by atoms with van der Waals surface area (Å²) in [5.74, 6) is 1.36. The number of aryl methyl sites for hydroxylation is 1. The first-order valence-corrected chi connectivity index (χ1v) is 7.53. The highest BCUT2D eigenvalue weighted by molar-refractivity contribution is 6.31. The molecule has 0 spiro atoms. The van der Waals surface area contributed by atoms with Crippen LogP contribution in [0.4, 0.5) is 0 Å². The normalized spacial score (nSPS) is 18.5. The van der Waals surface area contributed by atoms with Gasteiger partial charge in [-0.25, -0.2) is 4.98 Å². The zero-order valence-electron chi connectivity index (χ0n) is 12.3. The summed E-state index contributed by atoms with van der Waals surface area (Å²) in [7, 11) is 0. The molecule has 116 valence electrons. The fourth-order valence-corrected chi connectivity index (χ4v) is 2.66. The lowest BCUT2D eigenvalue weighted by Crippen LogP contribution is -2.43. The number of benzene rings is 1. The molecule has 1 N–H and O–H groups in total. The van der Waals surface area contributed by atoms with E-state index in [1.807, 2.05) is 25.1 Å². The molecular weight excluding hydrogens is 304 g/mol. The van der Waals surface area contributed by atoms with Crippen LogP contribution in [0.1, 0.15) is 23.3 Å². The third-order valence-electron chi connectivity index (χ3n) is 3.62. The Morgan fingerprint density at radius 2 is 2.32 bits per heavy atom. The first kappa shape index (κ1) is 15.0. The van der Waals surface area contributed by atoms with Crippen LogP contribution in [0.5, 0.6) is 0 Å². The van der Waals surface area contributed by atoms with Crippen LogP contribution in [0, 0.1) is 6.92 Å². The van der Waals surface area contributed by atoms with Gasteiger partial charge in [0.1, 0.15) is 11.9 Å². The van der Waals surface area contributed by atoms with Crippen molar-refractivity contribution in [3.8, 4) is 0 Å². The fourth-order valence-electron chi connectivity index (χ4n) is 2.45. The molecule has 7 heteroatoms. The van der Waals surface area contributed by atoms with Crippen LogP contribution >= 0.6 is 11.6 Å². The van der Waals surface area contributed by atoms with Crippen molar-refractivity contribution in [2.24, 2.45) is 0 Å². The number of H-pyrrole nitrogens is 1. The van der Waals surface area contributed by atoms with Gasteiger partial charge in [0.05, 0.1) is 19.6 Å². The Morgan fingerprint density at radius 3 is 3.05 bits per heavy atom. The lowest BCUT2D eigenvalue weighted by molar-refractivity contribution is -0.138. The summed E-state index contributed by atoms with van der Waals surface area (Å²) >= 11 is 6.11. The van der Waals surface area contributed by atoms with E-state index in [1.54, 1.807) is 11.0 Å². The highest BCUT2D eigenvalue weighted by atomic mass is 35.5. The van der Waals surface area contributed by atoms with Crippen molar-refractivity contribution in [2.75, 3.05) is 19.7 Å². The molecule has 1 fully saturated rings. The SMILES string of the molecule is Cc1nc([C@H]2CN(C(=O)Cc3ccccc3Cl)CCO2)n[nH]1. The average Bonchev–Trinajstić information content (AvgIpc) is 2.96.